The molecule has 0 saturated heterocycles. The van der Waals surface area contributed by atoms with Crippen LogP contribution in [0.4, 0.5) is 0 Å². The van der Waals surface area contributed by atoms with Crippen LogP contribution in [0.25, 0.3) is 11.5 Å². The van der Waals surface area contributed by atoms with Crippen LogP contribution in [0.1, 0.15) is 27.7 Å². The maximum Gasteiger partial charge on any atom is 1.00 e. The van der Waals surface area contributed by atoms with Crippen molar-refractivity contribution in [3.63, 3.8) is 0 Å². The summed E-state index contributed by atoms with van der Waals surface area (Å²) in [7, 11) is 0. The summed E-state index contributed by atoms with van der Waals surface area (Å²) in [6.07, 6.45) is 0. The van der Waals surface area contributed by atoms with E-state index in [2.05, 4.69) is 0 Å². The van der Waals surface area contributed by atoms with E-state index in [1.54, 1.807) is 0 Å². The first-order valence-electron chi connectivity index (χ1n) is 2.89. The van der Waals surface area contributed by atoms with Gasteiger partial charge in [-0.2, -0.15) is 0 Å². The summed E-state index contributed by atoms with van der Waals surface area (Å²) in [5.74, 6) is 0. The molecule has 0 aliphatic heterocycles. The largest absolute Gasteiger partial charge is 1.00 e. The van der Waals surface area contributed by atoms with Crippen LogP contribution in [0, 0.1) is 0 Å². The maximum atomic E-state index is 6.58. The molecular weight excluding hydrogens is 130 g/mol. The van der Waals surface area contributed by atoms with Gasteiger partial charge in [0.15, 0.2) is 0 Å². The molecule has 0 saturated carbocycles. The summed E-state index contributed by atoms with van der Waals surface area (Å²) in [6.45, 7) is 7.33. The molecule has 2 N–H and O–H groups in total. The molecule has 4 heteroatoms. The standard InChI is InChI=1S/2C3H8N.Li.Na/c2*1-3(2)4;;/h2*3-4H,1-2H3;;/q2*-1;2*+1. The van der Waals surface area contributed by atoms with Gasteiger partial charge in [0.25, 0.3) is 0 Å². The number of rotatable bonds is 0. The Hall–Kier alpha value is 1.52. The van der Waals surface area contributed by atoms with Gasteiger partial charge in [-0.25, -0.2) is 0 Å². The second-order valence-electron chi connectivity index (χ2n) is 2.31. The molecule has 0 aromatic heterocycles. The van der Waals surface area contributed by atoms with Crippen molar-refractivity contribution in [1.29, 1.82) is 0 Å². The van der Waals surface area contributed by atoms with Crippen LogP contribution < -0.4 is 48.4 Å². The van der Waals surface area contributed by atoms with Crippen LogP contribution in [0.5, 0.6) is 0 Å². The third kappa shape index (κ3) is 300. The molecule has 52 valence electrons. The summed E-state index contributed by atoms with van der Waals surface area (Å²) in [6, 6.07) is 0.167. The second kappa shape index (κ2) is 16.9. The molecule has 0 rings (SSSR count). The van der Waals surface area contributed by atoms with Crippen molar-refractivity contribution >= 4 is 0 Å². The van der Waals surface area contributed by atoms with Crippen LogP contribution >= 0.6 is 0 Å². The molecule has 0 aromatic carbocycles. The van der Waals surface area contributed by atoms with Gasteiger partial charge in [0.2, 0.25) is 0 Å². The van der Waals surface area contributed by atoms with E-state index in [4.69, 9.17) is 11.5 Å². The minimum Gasteiger partial charge on any atom is -0.675 e. The molecular formula is C6H16LiN2Na. The van der Waals surface area contributed by atoms with Crippen molar-refractivity contribution in [3.05, 3.63) is 11.5 Å². The maximum absolute atomic E-state index is 6.58. The van der Waals surface area contributed by atoms with Crippen molar-refractivity contribution < 1.29 is 48.4 Å². The Kier molecular flexibility index (Phi) is 38.0. The first-order chi connectivity index (χ1) is 3.46. The van der Waals surface area contributed by atoms with Crippen LogP contribution in [0.2, 0.25) is 0 Å². The molecule has 0 atom stereocenters. The van der Waals surface area contributed by atoms with Crippen LogP contribution in [-0.2, 0) is 0 Å². The molecule has 0 unspecified atom stereocenters. The van der Waals surface area contributed by atoms with Crippen molar-refractivity contribution in [3.8, 4) is 0 Å². The van der Waals surface area contributed by atoms with Crippen molar-refractivity contribution in [1.82, 2.24) is 0 Å². The van der Waals surface area contributed by atoms with E-state index in [9.17, 15) is 0 Å². The Bertz CT molecular complexity index is 31.2. The average molecular weight is 146 g/mol. The van der Waals surface area contributed by atoms with E-state index in [-0.39, 0.29) is 60.5 Å². The minimum absolute atomic E-state index is 0. The zero-order valence-electron chi connectivity index (χ0n) is 8.15. The van der Waals surface area contributed by atoms with Gasteiger partial charge in [0.05, 0.1) is 0 Å². The quantitative estimate of drug-likeness (QED) is 0.325. The average Bonchev–Trinajstić information content (AvgIpc) is 1.25. The molecule has 0 heterocycles. The number of hydrogen-bond acceptors (Lipinski definition) is 0. The fourth-order valence-corrected chi connectivity index (χ4v) is 0. The fourth-order valence-electron chi connectivity index (χ4n) is 0. The van der Waals surface area contributed by atoms with Gasteiger partial charge < -0.3 is 11.5 Å². The topological polar surface area (TPSA) is 47.6 Å². The Labute approximate surface area is 99.0 Å². The first kappa shape index (κ1) is 22.5. The second-order valence-corrected chi connectivity index (χ2v) is 2.31. The molecule has 0 spiro atoms. The Morgan fingerprint density at radius 1 is 0.800 bits per heavy atom. The number of nitrogens with one attached hydrogen (secondary N) is 2. The third-order valence-electron chi connectivity index (χ3n) is 0. The van der Waals surface area contributed by atoms with Gasteiger partial charge in [-0.3, -0.25) is 0 Å². The molecule has 0 radical (unpaired) electrons. The Morgan fingerprint density at radius 2 is 0.800 bits per heavy atom. The van der Waals surface area contributed by atoms with Gasteiger partial charge in [-0.1, -0.05) is 27.7 Å². The molecule has 2 nitrogen and oxygen atoms in total. The smallest absolute Gasteiger partial charge is 0.675 e. The van der Waals surface area contributed by atoms with Gasteiger partial charge >= 0.3 is 48.4 Å². The molecule has 0 aromatic rings. The van der Waals surface area contributed by atoms with Gasteiger partial charge in [0, 0.05) is 0 Å². The third-order valence-corrected chi connectivity index (χ3v) is 0. The van der Waals surface area contributed by atoms with Crippen LogP contribution in [-0.4, -0.2) is 12.1 Å². The molecule has 0 fully saturated rings. The minimum atomic E-state index is 0. The summed E-state index contributed by atoms with van der Waals surface area (Å²) < 4.78 is 0. The monoisotopic (exact) mass is 146 g/mol. The van der Waals surface area contributed by atoms with Gasteiger partial charge in [-0.05, 0) is 0 Å². The molecule has 10 heavy (non-hydrogen) atoms. The molecule has 0 aliphatic carbocycles. The summed E-state index contributed by atoms with van der Waals surface area (Å²) in [5.41, 5.74) is 13.2. The first-order valence-corrected chi connectivity index (χ1v) is 2.89. The van der Waals surface area contributed by atoms with E-state index < -0.39 is 0 Å². The van der Waals surface area contributed by atoms with E-state index >= 15 is 0 Å². The van der Waals surface area contributed by atoms with Gasteiger partial charge in [-0.15, -0.1) is 12.1 Å². The summed E-state index contributed by atoms with van der Waals surface area (Å²) in [4.78, 5) is 0. The zero-order valence-corrected chi connectivity index (χ0v) is 10.2. The predicted molar refractivity (Wildman–Crippen MR) is 38.9 cm³/mol. The zero-order chi connectivity index (χ0) is 7.15. The van der Waals surface area contributed by atoms with Crippen molar-refractivity contribution in [2.24, 2.45) is 0 Å². The SMILES string of the molecule is CC(C)[NH-].CC(C)[NH-].[Li+].[Na+]. The van der Waals surface area contributed by atoms with E-state index in [0.717, 1.165) is 0 Å². The van der Waals surface area contributed by atoms with E-state index in [1.807, 2.05) is 27.7 Å². The summed E-state index contributed by atoms with van der Waals surface area (Å²) in [5, 5.41) is 0. The fraction of sp³-hybridized carbons (Fsp3) is 1.00. The number of hydrogen-bond donors (Lipinski definition) is 0. The van der Waals surface area contributed by atoms with Crippen LogP contribution in [0.3, 0.4) is 0 Å². The molecule has 0 amide bonds. The van der Waals surface area contributed by atoms with E-state index in [0.29, 0.717) is 0 Å². The molecule has 0 aliphatic rings. The van der Waals surface area contributed by atoms with Crippen LogP contribution in [0.15, 0.2) is 0 Å². The molecule has 0 bridgehead atoms. The van der Waals surface area contributed by atoms with Crippen molar-refractivity contribution in [2.45, 2.75) is 39.8 Å². The van der Waals surface area contributed by atoms with Gasteiger partial charge in [0.1, 0.15) is 0 Å². The van der Waals surface area contributed by atoms with Crippen molar-refractivity contribution in [2.75, 3.05) is 0 Å². The van der Waals surface area contributed by atoms with E-state index in [1.165, 1.54) is 0 Å². The predicted octanol–water partition coefficient (Wildman–Crippen LogP) is -3.10. The Balaban J connectivity index is -0.0000000300. The Morgan fingerprint density at radius 3 is 0.800 bits per heavy atom. The summed E-state index contributed by atoms with van der Waals surface area (Å²) >= 11 is 0. The normalized spacial score (nSPS) is 7.20.